The fourth-order valence-electron chi connectivity index (χ4n) is 2.18. The summed E-state index contributed by atoms with van der Waals surface area (Å²) in [5.74, 6) is 2.35. The second kappa shape index (κ2) is 11.7. The van der Waals surface area contributed by atoms with E-state index in [1.54, 1.807) is 17.2 Å². The number of aliphatic imine (C=N–C) groups is 1. The number of aromatic nitrogens is 4. The molecule has 2 aromatic heterocycles. The molecular formula is C17H28IN7O. The van der Waals surface area contributed by atoms with Crippen LogP contribution in [-0.4, -0.2) is 50.8 Å². The van der Waals surface area contributed by atoms with E-state index in [0.717, 1.165) is 30.3 Å². The molecule has 0 atom stereocenters. The van der Waals surface area contributed by atoms with Gasteiger partial charge in [-0.25, -0.2) is 15.0 Å². The van der Waals surface area contributed by atoms with Crippen LogP contribution >= 0.6 is 24.0 Å². The SMILES string of the molecule is CCCOc1ccc(CN=C(NCC)N(C)Cc2ncnn2C)cn1.I. The highest BCUT2D eigenvalue weighted by Crippen LogP contribution is 2.09. The number of pyridine rings is 1. The number of hydrogen-bond donors (Lipinski definition) is 1. The van der Waals surface area contributed by atoms with E-state index in [1.165, 1.54) is 0 Å². The molecule has 0 saturated carbocycles. The van der Waals surface area contributed by atoms with Crippen molar-refractivity contribution in [1.82, 2.24) is 30.0 Å². The molecule has 0 amide bonds. The lowest BCUT2D eigenvalue weighted by atomic mass is 10.3. The highest BCUT2D eigenvalue weighted by Gasteiger charge is 2.10. The lowest BCUT2D eigenvalue weighted by Crippen LogP contribution is -2.39. The van der Waals surface area contributed by atoms with E-state index in [1.807, 2.05) is 38.1 Å². The molecule has 144 valence electrons. The molecule has 2 heterocycles. The zero-order valence-corrected chi connectivity index (χ0v) is 18.2. The van der Waals surface area contributed by atoms with Crippen LogP contribution < -0.4 is 10.1 Å². The number of nitrogens with zero attached hydrogens (tertiary/aromatic N) is 6. The van der Waals surface area contributed by atoms with Crippen molar-refractivity contribution in [1.29, 1.82) is 0 Å². The number of nitrogens with one attached hydrogen (secondary N) is 1. The minimum Gasteiger partial charge on any atom is -0.478 e. The van der Waals surface area contributed by atoms with Gasteiger partial charge in [-0.05, 0) is 18.9 Å². The number of ether oxygens (including phenoxy) is 1. The van der Waals surface area contributed by atoms with Crippen LogP contribution in [0.2, 0.25) is 0 Å². The largest absolute Gasteiger partial charge is 0.478 e. The molecule has 0 aliphatic heterocycles. The van der Waals surface area contributed by atoms with Crippen LogP contribution in [0, 0.1) is 0 Å². The maximum Gasteiger partial charge on any atom is 0.213 e. The molecule has 26 heavy (non-hydrogen) atoms. The van der Waals surface area contributed by atoms with Gasteiger partial charge in [0.15, 0.2) is 5.96 Å². The monoisotopic (exact) mass is 473 g/mol. The van der Waals surface area contributed by atoms with E-state index < -0.39 is 0 Å². The third-order valence-electron chi connectivity index (χ3n) is 3.54. The minimum atomic E-state index is 0. The Labute approximate surface area is 172 Å². The molecule has 0 aliphatic rings. The highest BCUT2D eigenvalue weighted by molar-refractivity contribution is 14.0. The zero-order chi connectivity index (χ0) is 18.1. The summed E-state index contributed by atoms with van der Waals surface area (Å²) < 4.78 is 7.26. The van der Waals surface area contributed by atoms with Gasteiger partial charge < -0.3 is 15.0 Å². The van der Waals surface area contributed by atoms with Crippen molar-refractivity contribution in [3.05, 3.63) is 36.0 Å². The molecule has 2 rings (SSSR count). The summed E-state index contributed by atoms with van der Waals surface area (Å²) in [6.07, 6.45) is 4.33. The molecule has 0 aliphatic carbocycles. The Kier molecular flexibility index (Phi) is 9.92. The van der Waals surface area contributed by atoms with Gasteiger partial charge in [-0.1, -0.05) is 13.0 Å². The van der Waals surface area contributed by atoms with Gasteiger partial charge in [0.05, 0.1) is 19.7 Å². The summed E-state index contributed by atoms with van der Waals surface area (Å²) in [5.41, 5.74) is 1.03. The molecule has 0 bridgehead atoms. The van der Waals surface area contributed by atoms with E-state index in [2.05, 4.69) is 32.3 Å². The van der Waals surface area contributed by atoms with Crippen molar-refractivity contribution in [3.63, 3.8) is 0 Å². The molecule has 0 fully saturated rings. The first-order chi connectivity index (χ1) is 12.1. The van der Waals surface area contributed by atoms with Gasteiger partial charge in [0.2, 0.25) is 5.88 Å². The quantitative estimate of drug-likeness (QED) is 0.360. The van der Waals surface area contributed by atoms with Gasteiger partial charge in [-0.2, -0.15) is 5.10 Å². The van der Waals surface area contributed by atoms with Gasteiger partial charge >= 0.3 is 0 Å². The third kappa shape index (κ3) is 6.77. The number of guanidine groups is 1. The predicted octanol–water partition coefficient (Wildman–Crippen LogP) is 2.21. The van der Waals surface area contributed by atoms with Crippen molar-refractivity contribution in [2.24, 2.45) is 12.0 Å². The zero-order valence-electron chi connectivity index (χ0n) is 15.8. The van der Waals surface area contributed by atoms with Crippen molar-refractivity contribution >= 4 is 29.9 Å². The van der Waals surface area contributed by atoms with Crippen LogP contribution in [0.5, 0.6) is 5.88 Å². The summed E-state index contributed by atoms with van der Waals surface area (Å²) >= 11 is 0. The smallest absolute Gasteiger partial charge is 0.213 e. The Hall–Kier alpha value is -1.91. The molecule has 2 aromatic rings. The molecule has 8 nitrogen and oxygen atoms in total. The summed E-state index contributed by atoms with van der Waals surface area (Å²) in [5, 5.41) is 7.39. The topological polar surface area (TPSA) is 80.5 Å². The molecule has 0 saturated heterocycles. The van der Waals surface area contributed by atoms with Crippen molar-refractivity contribution < 1.29 is 4.74 Å². The average Bonchev–Trinajstić information content (AvgIpc) is 3.02. The lowest BCUT2D eigenvalue weighted by molar-refractivity contribution is 0.305. The van der Waals surface area contributed by atoms with Gasteiger partial charge in [0.25, 0.3) is 0 Å². The second-order valence-corrected chi connectivity index (χ2v) is 5.68. The maximum absolute atomic E-state index is 5.50. The first kappa shape index (κ1) is 22.1. The van der Waals surface area contributed by atoms with Crippen LogP contribution in [0.1, 0.15) is 31.7 Å². The fourth-order valence-corrected chi connectivity index (χ4v) is 2.18. The molecule has 0 aromatic carbocycles. The van der Waals surface area contributed by atoms with E-state index >= 15 is 0 Å². The van der Waals surface area contributed by atoms with Crippen LogP contribution in [0.15, 0.2) is 29.6 Å². The normalized spacial score (nSPS) is 11.0. The second-order valence-electron chi connectivity index (χ2n) is 5.68. The van der Waals surface area contributed by atoms with Crippen LogP contribution in [0.3, 0.4) is 0 Å². The Balaban J connectivity index is 0.00000338. The van der Waals surface area contributed by atoms with E-state index in [0.29, 0.717) is 25.6 Å². The van der Waals surface area contributed by atoms with Gasteiger partial charge in [-0.3, -0.25) is 4.68 Å². The van der Waals surface area contributed by atoms with E-state index in [9.17, 15) is 0 Å². The van der Waals surface area contributed by atoms with Crippen LogP contribution in [-0.2, 0) is 20.1 Å². The molecule has 9 heteroatoms. The summed E-state index contributed by atoms with van der Waals surface area (Å²) in [6.45, 7) is 6.78. The third-order valence-corrected chi connectivity index (χ3v) is 3.54. The standard InChI is InChI=1S/C17H27N7O.HI/c1-5-9-25-16-8-7-14(10-19-16)11-20-17(18-6-2)23(3)12-15-21-13-22-24(15)4;/h7-8,10,13H,5-6,9,11-12H2,1-4H3,(H,18,20);1H. The van der Waals surface area contributed by atoms with E-state index in [-0.39, 0.29) is 24.0 Å². The van der Waals surface area contributed by atoms with Crippen molar-refractivity contribution in [3.8, 4) is 5.88 Å². The minimum absolute atomic E-state index is 0. The number of hydrogen-bond acceptors (Lipinski definition) is 5. The molecule has 0 unspecified atom stereocenters. The predicted molar refractivity (Wildman–Crippen MR) is 113 cm³/mol. The van der Waals surface area contributed by atoms with Gasteiger partial charge in [-0.15, -0.1) is 24.0 Å². The van der Waals surface area contributed by atoms with Gasteiger partial charge in [0, 0.05) is 32.9 Å². The first-order valence-corrected chi connectivity index (χ1v) is 8.54. The maximum atomic E-state index is 5.50. The first-order valence-electron chi connectivity index (χ1n) is 8.54. The summed E-state index contributed by atoms with van der Waals surface area (Å²) in [4.78, 5) is 15.3. The number of aryl methyl sites for hydroxylation is 1. The van der Waals surface area contributed by atoms with Crippen molar-refractivity contribution in [2.75, 3.05) is 20.2 Å². The van der Waals surface area contributed by atoms with Crippen LogP contribution in [0.4, 0.5) is 0 Å². The Bertz CT molecular complexity index is 672. The molecule has 0 spiro atoms. The number of rotatable bonds is 8. The lowest BCUT2D eigenvalue weighted by Gasteiger charge is -2.21. The molecule has 0 radical (unpaired) electrons. The average molecular weight is 473 g/mol. The summed E-state index contributed by atoms with van der Waals surface area (Å²) in [6, 6.07) is 3.88. The van der Waals surface area contributed by atoms with Crippen LogP contribution in [0.25, 0.3) is 0 Å². The molecule has 1 N–H and O–H groups in total. The highest BCUT2D eigenvalue weighted by atomic mass is 127. The Morgan fingerprint density at radius 1 is 1.31 bits per heavy atom. The molecular weight excluding hydrogens is 445 g/mol. The Morgan fingerprint density at radius 3 is 2.69 bits per heavy atom. The van der Waals surface area contributed by atoms with E-state index in [4.69, 9.17) is 4.74 Å². The fraction of sp³-hybridized carbons (Fsp3) is 0.529. The van der Waals surface area contributed by atoms with Crippen molar-refractivity contribution in [2.45, 2.75) is 33.4 Å². The van der Waals surface area contributed by atoms with Gasteiger partial charge in [0.1, 0.15) is 12.2 Å². The number of halogens is 1. The Morgan fingerprint density at radius 2 is 2.12 bits per heavy atom. The summed E-state index contributed by atoms with van der Waals surface area (Å²) in [7, 11) is 3.87.